The predicted molar refractivity (Wildman–Crippen MR) is 82.9 cm³/mol. The standard InChI is InChI=1S/C11H10BrClN4O2S/c1-20(18,19)17-9-5-3-2-4-8(9)15-10-7(12)6-14-11(13)16-10/h2-6,17H,1H3,(H,14,15,16). The minimum Gasteiger partial charge on any atom is -0.337 e. The first-order valence-electron chi connectivity index (χ1n) is 5.37. The van der Waals surface area contributed by atoms with Crippen molar-refractivity contribution in [2.24, 2.45) is 0 Å². The van der Waals surface area contributed by atoms with Crippen LogP contribution in [0.4, 0.5) is 17.2 Å². The first-order chi connectivity index (χ1) is 9.35. The van der Waals surface area contributed by atoms with Gasteiger partial charge >= 0.3 is 0 Å². The van der Waals surface area contributed by atoms with E-state index in [1.807, 2.05) is 0 Å². The van der Waals surface area contributed by atoms with Gasteiger partial charge in [-0.1, -0.05) is 12.1 Å². The van der Waals surface area contributed by atoms with Crippen molar-refractivity contribution >= 4 is 54.7 Å². The number of para-hydroxylation sites is 2. The van der Waals surface area contributed by atoms with Crippen LogP contribution in [0.25, 0.3) is 0 Å². The molecule has 0 atom stereocenters. The average Bonchev–Trinajstić information content (AvgIpc) is 2.34. The molecule has 0 unspecified atom stereocenters. The highest BCUT2D eigenvalue weighted by atomic mass is 79.9. The molecule has 0 aliphatic rings. The van der Waals surface area contributed by atoms with Crippen LogP contribution < -0.4 is 10.0 Å². The zero-order chi connectivity index (χ0) is 14.8. The molecule has 0 saturated heterocycles. The molecule has 0 amide bonds. The van der Waals surface area contributed by atoms with Crippen LogP contribution in [-0.4, -0.2) is 24.6 Å². The molecule has 20 heavy (non-hydrogen) atoms. The smallest absolute Gasteiger partial charge is 0.229 e. The fraction of sp³-hybridized carbons (Fsp3) is 0.0909. The summed E-state index contributed by atoms with van der Waals surface area (Å²) in [4.78, 5) is 7.84. The number of rotatable bonds is 4. The van der Waals surface area contributed by atoms with Gasteiger partial charge in [-0.15, -0.1) is 0 Å². The summed E-state index contributed by atoms with van der Waals surface area (Å²) >= 11 is 9.02. The topological polar surface area (TPSA) is 84.0 Å². The zero-order valence-corrected chi connectivity index (χ0v) is 13.4. The summed E-state index contributed by atoms with van der Waals surface area (Å²) in [6.45, 7) is 0. The van der Waals surface area contributed by atoms with Gasteiger partial charge in [-0.05, 0) is 39.7 Å². The van der Waals surface area contributed by atoms with E-state index in [2.05, 4.69) is 35.9 Å². The van der Waals surface area contributed by atoms with Crippen LogP contribution in [0.3, 0.4) is 0 Å². The average molecular weight is 378 g/mol. The fourth-order valence-corrected chi connectivity index (χ4v) is 2.44. The van der Waals surface area contributed by atoms with Gasteiger partial charge in [0, 0.05) is 6.20 Å². The lowest BCUT2D eigenvalue weighted by Crippen LogP contribution is -2.11. The quantitative estimate of drug-likeness (QED) is 0.800. The number of nitrogens with zero attached hydrogens (tertiary/aromatic N) is 2. The van der Waals surface area contributed by atoms with Crippen LogP contribution in [0.15, 0.2) is 34.9 Å². The number of anilines is 3. The molecule has 1 aromatic carbocycles. The first-order valence-corrected chi connectivity index (χ1v) is 8.43. The second-order valence-electron chi connectivity index (χ2n) is 3.88. The Balaban J connectivity index is 2.36. The molecule has 106 valence electrons. The second-order valence-corrected chi connectivity index (χ2v) is 6.82. The Labute approximate surface area is 129 Å². The number of halogens is 2. The summed E-state index contributed by atoms with van der Waals surface area (Å²) in [6, 6.07) is 6.85. The van der Waals surface area contributed by atoms with Crippen LogP contribution in [-0.2, 0) is 10.0 Å². The van der Waals surface area contributed by atoms with Crippen molar-refractivity contribution in [1.82, 2.24) is 9.97 Å². The van der Waals surface area contributed by atoms with E-state index in [-0.39, 0.29) is 5.28 Å². The molecule has 2 N–H and O–H groups in total. The van der Waals surface area contributed by atoms with E-state index < -0.39 is 10.0 Å². The van der Waals surface area contributed by atoms with Gasteiger partial charge in [0.1, 0.15) is 5.82 Å². The van der Waals surface area contributed by atoms with Gasteiger partial charge in [0.2, 0.25) is 15.3 Å². The number of aromatic nitrogens is 2. The third-order valence-electron chi connectivity index (χ3n) is 2.19. The van der Waals surface area contributed by atoms with E-state index in [1.54, 1.807) is 24.3 Å². The molecule has 0 spiro atoms. The lowest BCUT2D eigenvalue weighted by atomic mass is 10.3. The molecule has 0 aliphatic heterocycles. The van der Waals surface area contributed by atoms with Crippen LogP contribution in [0.1, 0.15) is 0 Å². The first kappa shape index (κ1) is 15.0. The van der Waals surface area contributed by atoms with Crippen molar-refractivity contribution in [2.75, 3.05) is 16.3 Å². The van der Waals surface area contributed by atoms with Crippen molar-refractivity contribution in [3.63, 3.8) is 0 Å². The van der Waals surface area contributed by atoms with E-state index in [4.69, 9.17) is 11.6 Å². The SMILES string of the molecule is CS(=O)(=O)Nc1ccccc1Nc1nc(Cl)ncc1Br. The Morgan fingerprint density at radius 1 is 1.25 bits per heavy atom. The Bertz CT molecular complexity index is 739. The maximum Gasteiger partial charge on any atom is 0.229 e. The fourth-order valence-electron chi connectivity index (χ4n) is 1.44. The van der Waals surface area contributed by atoms with E-state index >= 15 is 0 Å². The normalized spacial score (nSPS) is 11.2. The predicted octanol–water partition coefficient (Wildman–Crippen LogP) is 3.01. The van der Waals surface area contributed by atoms with Crippen LogP contribution in [0, 0.1) is 0 Å². The number of nitrogens with one attached hydrogen (secondary N) is 2. The lowest BCUT2D eigenvalue weighted by molar-refractivity contribution is 0.607. The highest BCUT2D eigenvalue weighted by Gasteiger charge is 2.10. The Morgan fingerprint density at radius 3 is 2.55 bits per heavy atom. The van der Waals surface area contributed by atoms with E-state index in [0.717, 1.165) is 6.26 Å². The molecule has 1 heterocycles. The highest BCUT2D eigenvalue weighted by Crippen LogP contribution is 2.29. The summed E-state index contributed by atoms with van der Waals surface area (Å²) in [5, 5.41) is 3.08. The highest BCUT2D eigenvalue weighted by molar-refractivity contribution is 9.10. The lowest BCUT2D eigenvalue weighted by Gasteiger charge is -2.13. The summed E-state index contributed by atoms with van der Waals surface area (Å²) < 4.78 is 25.7. The maximum absolute atomic E-state index is 11.3. The third-order valence-corrected chi connectivity index (χ3v) is 3.54. The van der Waals surface area contributed by atoms with E-state index in [9.17, 15) is 8.42 Å². The minimum absolute atomic E-state index is 0.0873. The monoisotopic (exact) mass is 376 g/mol. The van der Waals surface area contributed by atoms with Gasteiger partial charge in [-0.2, -0.15) is 4.98 Å². The van der Waals surface area contributed by atoms with Crippen LogP contribution in [0.2, 0.25) is 5.28 Å². The molecule has 0 aliphatic carbocycles. The molecule has 0 fully saturated rings. The van der Waals surface area contributed by atoms with Crippen molar-refractivity contribution in [1.29, 1.82) is 0 Å². The molecule has 0 bridgehead atoms. The van der Waals surface area contributed by atoms with Crippen molar-refractivity contribution in [3.05, 3.63) is 40.2 Å². The maximum atomic E-state index is 11.3. The Hall–Kier alpha value is -1.38. The molecule has 0 radical (unpaired) electrons. The minimum atomic E-state index is -3.37. The van der Waals surface area contributed by atoms with Crippen molar-refractivity contribution < 1.29 is 8.42 Å². The van der Waals surface area contributed by atoms with Gasteiger partial charge in [0.05, 0.1) is 22.1 Å². The number of benzene rings is 1. The van der Waals surface area contributed by atoms with E-state index in [0.29, 0.717) is 21.7 Å². The van der Waals surface area contributed by atoms with E-state index in [1.165, 1.54) is 6.20 Å². The van der Waals surface area contributed by atoms with Crippen LogP contribution in [0.5, 0.6) is 0 Å². The Morgan fingerprint density at radius 2 is 1.90 bits per heavy atom. The molecular weight excluding hydrogens is 368 g/mol. The molecule has 9 heteroatoms. The van der Waals surface area contributed by atoms with Gasteiger partial charge in [0.25, 0.3) is 0 Å². The molecule has 6 nitrogen and oxygen atoms in total. The number of hydrogen-bond acceptors (Lipinski definition) is 5. The van der Waals surface area contributed by atoms with Crippen molar-refractivity contribution in [2.45, 2.75) is 0 Å². The van der Waals surface area contributed by atoms with Gasteiger partial charge < -0.3 is 5.32 Å². The van der Waals surface area contributed by atoms with Gasteiger partial charge in [0.15, 0.2) is 0 Å². The summed E-state index contributed by atoms with van der Waals surface area (Å²) in [5.41, 5.74) is 0.963. The van der Waals surface area contributed by atoms with Gasteiger partial charge in [-0.25, -0.2) is 13.4 Å². The second kappa shape index (κ2) is 5.94. The molecular formula is C11H10BrClN4O2S. The molecule has 2 aromatic rings. The molecule has 2 rings (SSSR count). The molecule has 1 aromatic heterocycles. The third kappa shape index (κ3) is 4.06. The number of hydrogen-bond donors (Lipinski definition) is 2. The van der Waals surface area contributed by atoms with Crippen molar-refractivity contribution in [3.8, 4) is 0 Å². The van der Waals surface area contributed by atoms with Crippen LogP contribution >= 0.6 is 27.5 Å². The molecule has 0 saturated carbocycles. The summed E-state index contributed by atoms with van der Waals surface area (Å²) in [5.74, 6) is 0.438. The number of sulfonamides is 1. The Kier molecular flexibility index (Phi) is 4.46. The largest absolute Gasteiger partial charge is 0.337 e. The zero-order valence-electron chi connectivity index (χ0n) is 10.3. The summed E-state index contributed by atoms with van der Waals surface area (Å²) in [6.07, 6.45) is 2.59. The van der Waals surface area contributed by atoms with Gasteiger partial charge in [-0.3, -0.25) is 4.72 Å². The summed E-state index contributed by atoms with van der Waals surface area (Å²) in [7, 11) is -3.37.